The van der Waals surface area contributed by atoms with Gasteiger partial charge in [-0.2, -0.15) is 4.98 Å². The zero-order valence-corrected chi connectivity index (χ0v) is 26.9. The molecule has 6 rings (SSSR count). The summed E-state index contributed by atoms with van der Waals surface area (Å²) < 4.78 is 33.7. The molecular weight excluding hydrogens is 616 g/mol. The van der Waals surface area contributed by atoms with Crippen LogP contribution in [0.5, 0.6) is 5.75 Å². The first-order valence-electron chi connectivity index (χ1n) is 15.1. The third kappa shape index (κ3) is 4.77. The molecule has 0 bridgehead atoms. The van der Waals surface area contributed by atoms with Gasteiger partial charge in [0.2, 0.25) is 5.91 Å². The number of aromatic nitrogens is 4. The first-order valence-corrected chi connectivity index (χ1v) is 15.5. The molecular formula is C33H34ClF2N7O3. The van der Waals surface area contributed by atoms with E-state index in [0.29, 0.717) is 23.6 Å². The first-order chi connectivity index (χ1) is 21.9. The molecule has 1 amide bonds. The zero-order chi connectivity index (χ0) is 33.2. The van der Waals surface area contributed by atoms with Gasteiger partial charge in [-0.15, -0.1) is 0 Å². The van der Waals surface area contributed by atoms with Gasteiger partial charge in [-0.3, -0.25) is 9.36 Å². The summed E-state index contributed by atoms with van der Waals surface area (Å²) in [5, 5.41) is 13.9. The number of amides is 1. The van der Waals surface area contributed by atoms with Gasteiger partial charge in [-0.05, 0) is 37.0 Å². The van der Waals surface area contributed by atoms with Gasteiger partial charge in [0, 0.05) is 31.2 Å². The molecule has 0 aliphatic carbocycles. The number of anilines is 2. The predicted molar refractivity (Wildman–Crippen MR) is 174 cm³/mol. The van der Waals surface area contributed by atoms with Crippen molar-refractivity contribution >= 4 is 39.9 Å². The molecule has 2 aromatic carbocycles. The maximum Gasteiger partial charge on any atom is 0.354 e. The molecule has 2 unspecified atom stereocenters. The number of rotatable bonds is 5. The maximum absolute atomic E-state index is 16.9. The fraction of sp³-hybridized carbons (Fsp3) is 0.364. The van der Waals surface area contributed by atoms with Gasteiger partial charge in [-0.1, -0.05) is 51.9 Å². The third-order valence-corrected chi connectivity index (χ3v) is 9.03. The second-order valence-corrected chi connectivity index (χ2v) is 12.7. The summed E-state index contributed by atoms with van der Waals surface area (Å²) in [7, 11) is 0. The van der Waals surface area contributed by atoms with Gasteiger partial charge in [0.1, 0.15) is 23.7 Å². The summed E-state index contributed by atoms with van der Waals surface area (Å²) in [6, 6.07) is 2.87. The number of hydrogen-bond donors (Lipinski definition) is 2. The van der Waals surface area contributed by atoms with Crippen molar-refractivity contribution in [3.05, 3.63) is 75.7 Å². The molecule has 1 saturated heterocycles. The van der Waals surface area contributed by atoms with E-state index in [9.17, 15) is 14.7 Å². The number of fused-ring (bicyclic) bond motifs is 2. The van der Waals surface area contributed by atoms with Crippen molar-refractivity contribution < 1.29 is 18.7 Å². The molecule has 0 radical (unpaired) electrons. The van der Waals surface area contributed by atoms with E-state index in [0.717, 1.165) is 6.07 Å². The van der Waals surface area contributed by atoms with E-state index < -0.39 is 40.2 Å². The molecule has 2 aliphatic rings. The number of nitrogens with zero attached hydrogens (tertiary/aromatic N) is 6. The molecule has 4 heterocycles. The summed E-state index contributed by atoms with van der Waals surface area (Å²) >= 11 is 7.13. The molecule has 0 saturated carbocycles. The average Bonchev–Trinajstić information content (AvgIpc) is 3.17. The minimum Gasteiger partial charge on any atom is -0.507 e. The largest absolute Gasteiger partial charge is 0.507 e. The highest BCUT2D eigenvalue weighted by atomic mass is 35.5. The minimum atomic E-state index is -0.921. The van der Waals surface area contributed by atoms with Crippen molar-refractivity contribution in [3.8, 4) is 22.6 Å². The topological polar surface area (TPSA) is 116 Å². The van der Waals surface area contributed by atoms with Crippen LogP contribution in [0.1, 0.15) is 57.8 Å². The average molecular weight is 650 g/mol. The van der Waals surface area contributed by atoms with Crippen molar-refractivity contribution in [1.82, 2.24) is 24.4 Å². The van der Waals surface area contributed by atoms with E-state index in [-0.39, 0.29) is 64.3 Å². The molecule has 0 spiro atoms. The van der Waals surface area contributed by atoms with Crippen LogP contribution >= 0.6 is 11.6 Å². The predicted octanol–water partition coefficient (Wildman–Crippen LogP) is 5.74. The van der Waals surface area contributed by atoms with Crippen LogP contribution in [0.2, 0.25) is 5.02 Å². The Hall–Kier alpha value is -4.58. The molecule has 13 heteroatoms. The van der Waals surface area contributed by atoms with E-state index >= 15 is 8.78 Å². The Morgan fingerprint density at radius 2 is 1.80 bits per heavy atom. The SMILES string of the molecule is C=CC(=O)N1CC(C)N2c3nc(=O)n(-c4c(C(C)C)ncnc4C(C)C)c4c(Cl)c(-c5c(O)cccc5F)c(F)c(c34)NCC2C1. The number of aromatic hydroxyl groups is 1. The second-order valence-electron chi connectivity index (χ2n) is 12.3. The van der Waals surface area contributed by atoms with Gasteiger partial charge in [0.05, 0.1) is 50.3 Å². The van der Waals surface area contributed by atoms with Gasteiger partial charge in [0.25, 0.3) is 0 Å². The van der Waals surface area contributed by atoms with Gasteiger partial charge >= 0.3 is 5.69 Å². The van der Waals surface area contributed by atoms with Crippen LogP contribution in [0.15, 0.2) is 42.0 Å². The summed E-state index contributed by atoms with van der Waals surface area (Å²) in [6.45, 7) is 13.9. The number of hydrogen-bond acceptors (Lipinski definition) is 8. The van der Waals surface area contributed by atoms with Crippen molar-refractivity contribution in [1.29, 1.82) is 0 Å². The highest BCUT2D eigenvalue weighted by molar-refractivity contribution is 6.39. The Kier molecular flexibility index (Phi) is 7.95. The number of benzene rings is 2. The maximum atomic E-state index is 16.9. The monoisotopic (exact) mass is 649 g/mol. The molecule has 10 nitrogen and oxygen atoms in total. The number of nitrogens with one attached hydrogen (secondary N) is 1. The fourth-order valence-corrected chi connectivity index (χ4v) is 7.03. The van der Waals surface area contributed by atoms with E-state index in [1.165, 1.54) is 29.1 Å². The third-order valence-electron chi connectivity index (χ3n) is 8.66. The Morgan fingerprint density at radius 1 is 1.13 bits per heavy atom. The Bertz CT molecular complexity index is 1930. The van der Waals surface area contributed by atoms with Crippen LogP contribution < -0.4 is 15.9 Å². The molecule has 2 aliphatic heterocycles. The summed E-state index contributed by atoms with van der Waals surface area (Å²) in [6.07, 6.45) is 2.68. The Labute approximate surface area is 269 Å². The van der Waals surface area contributed by atoms with Gasteiger partial charge in [-0.25, -0.2) is 23.5 Å². The summed E-state index contributed by atoms with van der Waals surface area (Å²) in [5.41, 5.74) is -0.142. The van der Waals surface area contributed by atoms with Crippen LogP contribution in [0.4, 0.5) is 20.3 Å². The normalized spacial score (nSPS) is 17.7. The van der Waals surface area contributed by atoms with E-state index in [1.807, 2.05) is 39.5 Å². The van der Waals surface area contributed by atoms with E-state index in [4.69, 9.17) is 11.6 Å². The standard InChI is InChI=1S/C33H34ClF2N7O3/c1-7-21(45)41-12-17(6)42-18(13-41)11-37-29-24-30(25(34)23(26(29)36)22-19(35)9-8-10-20(22)44)43(33(46)40-32(24)42)31-27(15(2)3)38-14-39-28(31)16(4)5/h7-10,14-18,37,44H,1,11-13H2,2-6H3. The van der Waals surface area contributed by atoms with Crippen molar-refractivity contribution in [2.45, 2.75) is 58.5 Å². The number of phenols is 1. The lowest BCUT2D eigenvalue weighted by atomic mass is 9.97. The quantitative estimate of drug-likeness (QED) is 0.263. The lowest BCUT2D eigenvalue weighted by molar-refractivity contribution is -0.127. The summed E-state index contributed by atoms with van der Waals surface area (Å²) in [5.74, 6) is -2.75. The molecule has 2 aromatic heterocycles. The first kappa shape index (κ1) is 31.4. The van der Waals surface area contributed by atoms with E-state index in [2.05, 4.69) is 26.8 Å². The number of piperazine rings is 1. The van der Waals surface area contributed by atoms with Crippen LogP contribution in [0.25, 0.3) is 27.7 Å². The summed E-state index contributed by atoms with van der Waals surface area (Å²) in [4.78, 5) is 44.2. The van der Waals surface area contributed by atoms with Gasteiger partial charge < -0.3 is 20.2 Å². The van der Waals surface area contributed by atoms with Crippen LogP contribution in [-0.4, -0.2) is 67.2 Å². The number of carbonyl (C=O) groups is 1. The van der Waals surface area contributed by atoms with Crippen molar-refractivity contribution in [2.75, 3.05) is 29.9 Å². The molecule has 2 atom stereocenters. The van der Waals surface area contributed by atoms with Crippen LogP contribution in [0.3, 0.4) is 0 Å². The highest BCUT2D eigenvalue weighted by Crippen LogP contribution is 2.49. The lowest BCUT2D eigenvalue weighted by Gasteiger charge is -2.45. The smallest absolute Gasteiger partial charge is 0.354 e. The lowest BCUT2D eigenvalue weighted by Crippen LogP contribution is -2.61. The zero-order valence-electron chi connectivity index (χ0n) is 26.1. The molecule has 240 valence electrons. The molecule has 1 fully saturated rings. The van der Waals surface area contributed by atoms with E-state index in [1.54, 1.807) is 4.90 Å². The van der Waals surface area contributed by atoms with Crippen molar-refractivity contribution in [2.24, 2.45) is 0 Å². The Balaban J connectivity index is 1.80. The number of carbonyl (C=O) groups excluding carboxylic acids is 1. The van der Waals surface area contributed by atoms with Crippen molar-refractivity contribution in [3.63, 3.8) is 0 Å². The van der Waals surface area contributed by atoms with Crippen LogP contribution in [-0.2, 0) is 4.79 Å². The Morgan fingerprint density at radius 3 is 2.41 bits per heavy atom. The highest BCUT2D eigenvalue weighted by Gasteiger charge is 2.40. The number of phenolic OH excluding ortho intramolecular Hbond substituents is 1. The number of halogens is 3. The molecule has 46 heavy (non-hydrogen) atoms. The van der Waals surface area contributed by atoms with Gasteiger partial charge in [0.15, 0.2) is 5.82 Å². The second kappa shape index (κ2) is 11.7. The van der Waals surface area contributed by atoms with Crippen LogP contribution in [0, 0.1) is 11.6 Å². The molecule has 4 aromatic rings. The fourth-order valence-electron chi connectivity index (χ4n) is 6.68. The minimum absolute atomic E-state index is 0.0641. The molecule has 2 N–H and O–H groups in total.